The summed E-state index contributed by atoms with van der Waals surface area (Å²) in [5.74, 6) is -0.750. The summed E-state index contributed by atoms with van der Waals surface area (Å²) in [4.78, 5) is 31.2. The molecule has 23 heavy (non-hydrogen) atoms. The predicted octanol–water partition coefficient (Wildman–Crippen LogP) is 2.81. The van der Waals surface area contributed by atoms with Crippen molar-refractivity contribution in [1.82, 2.24) is 4.98 Å². The molecule has 1 aromatic carbocycles. The van der Waals surface area contributed by atoms with E-state index in [2.05, 4.69) is 9.98 Å². The van der Waals surface area contributed by atoms with Crippen molar-refractivity contribution in [1.29, 1.82) is 0 Å². The molecule has 2 N–H and O–H groups in total. The molecule has 0 amide bonds. The predicted molar refractivity (Wildman–Crippen MR) is 93.0 cm³/mol. The highest BCUT2D eigenvalue weighted by molar-refractivity contribution is 8.15. The lowest BCUT2D eigenvalue weighted by atomic mass is 10.3. The summed E-state index contributed by atoms with van der Waals surface area (Å²) in [7, 11) is 0. The second-order valence-corrected chi connectivity index (χ2v) is 7.95. The van der Waals surface area contributed by atoms with Crippen LogP contribution in [0.15, 0.2) is 28.1 Å². The number of aromatic nitrogens is 1. The highest BCUT2D eigenvalue weighted by Gasteiger charge is 2.26. The summed E-state index contributed by atoms with van der Waals surface area (Å²) >= 11 is 4.39. The van der Waals surface area contributed by atoms with Crippen LogP contribution in [0.1, 0.15) is 11.4 Å². The first-order valence-corrected chi connectivity index (χ1v) is 9.50. The molecule has 9 heteroatoms. The van der Waals surface area contributed by atoms with Crippen molar-refractivity contribution in [3.8, 4) is 0 Å². The molecule has 1 atom stereocenters. The van der Waals surface area contributed by atoms with Gasteiger partial charge in [0, 0.05) is 16.4 Å². The third-order valence-corrected chi connectivity index (χ3v) is 6.27. The SMILES string of the molecule is O=C(O)CCSc1ccc2nc(C3=N[C@@H](C(=O)O)CS3)sc2c1. The number of hydrogen-bond donors (Lipinski definition) is 2. The molecule has 2 aromatic rings. The van der Waals surface area contributed by atoms with Crippen LogP contribution in [0.4, 0.5) is 0 Å². The Morgan fingerprint density at radius 3 is 2.87 bits per heavy atom. The van der Waals surface area contributed by atoms with Crippen LogP contribution in [-0.2, 0) is 9.59 Å². The first-order chi connectivity index (χ1) is 11.0. The molecule has 0 bridgehead atoms. The fraction of sp³-hybridized carbons (Fsp3) is 0.286. The number of aliphatic carboxylic acids is 2. The van der Waals surface area contributed by atoms with Gasteiger partial charge in [0.1, 0.15) is 10.1 Å². The Bertz CT molecular complexity index is 802. The van der Waals surface area contributed by atoms with Gasteiger partial charge in [-0.3, -0.25) is 9.79 Å². The molecule has 0 fully saturated rings. The Morgan fingerprint density at radius 2 is 2.17 bits per heavy atom. The maximum atomic E-state index is 11.0. The van der Waals surface area contributed by atoms with E-state index in [9.17, 15) is 9.59 Å². The molecule has 0 unspecified atom stereocenters. The van der Waals surface area contributed by atoms with Gasteiger partial charge in [-0.05, 0) is 18.2 Å². The summed E-state index contributed by atoms with van der Waals surface area (Å²) in [6, 6.07) is 5.11. The lowest BCUT2D eigenvalue weighted by Crippen LogP contribution is -2.17. The maximum absolute atomic E-state index is 11.0. The Balaban J connectivity index is 1.78. The van der Waals surface area contributed by atoms with E-state index in [1.807, 2.05) is 18.2 Å². The van der Waals surface area contributed by atoms with Crippen LogP contribution in [0, 0.1) is 0 Å². The van der Waals surface area contributed by atoms with Gasteiger partial charge in [-0.15, -0.1) is 34.9 Å². The van der Waals surface area contributed by atoms with Gasteiger partial charge in [0.2, 0.25) is 0 Å². The number of fused-ring (bicyclic) bond motifs is 1. The zero-order valence-electron chi connectivity index (χ0n) is 11.8. The lowest BCUT2D eigenvalue weighted by molar-refractivity contribution is -0.138. The number of thiazole rings is 1. The Morgan fingerprint density at radius 1 is 1.35 bits per heavy atom. The van der Waals surface area contributed by atoms with Gasteiger partial charge in [0.05, 0.1) is 16.6 Å². The summed E-state index contributed by atoms with van der Waals surface area (Å²) < 4.78 is 0.988. The second-order valence-electron chi connectivity index (χ2n) is 4.74. The quantitative estimate of drug-likeness (QED) is 0.756. The van der Waals surface area contributed by atoms with Gasteiger partial charge in [-0.2, -0.15) is 0 Å². The van der Waals surface area contributed by atoms with Crippen molar-refractivity contribution in [2.75, 3.05) is 11.5 Å². The number of thioether (sulfide) groups is 2. The van der Waals surface area contributed by atoms with Crippen LogP contribution in [0.5, 0.6) is 0 Å². The van der Waals surface area contributed by atoms with Crippen LogP contribution in [-0.4, -0.2) is 49.7 Å². The van der Waals surface area contributed by atoms with Crippen LogP contribution in [0.3, 0.4) is 0 Å². The Labute approximate surface area is 144 Å². The van der Waals surface area contributed by atoms with Crippen molar-refractivity contribution in [2.45, 2.75) is 17.4 Å². The standard InChI is InChI=1S/C14H12N2O4S3/c17-11(18)3-4-21-7-1-2-8-10(5-7)23-13(15-8)12-16-9(6-22-12)14(19)20/h1-2,5,9H,3-4,6H2,(H,17,18)(H,19,20)/t9-/m1/s1. The molecule has 0 saturated carbocycles. The molecule has 3 rings (SSSR count). The molecule has 1 aliphatic rings. The van der Waals surface area contributed by atoms with E-state index in [-0.39, 0.29) is 6.42 Å². The number of benzene rings is 1. The second kappa shape index (κ2) is 6.90. The average Bonchev–Trinajstić information content (AvgIpc) is 3.13. The van der Waals surface area contributed by atoms with Crippen LogP contribution < -0.4 is 0 Å². The lowest BCUT2D eigenvalue weighted by Gasteiger charge is -1.98. The van der Waals surface area contributed by atoms with Crippen molar-refractivity contribution in [3.05, 3.63) is 23.2 Å². The van der Waals surface area contributed by atoms with Crippen molar-refractivity contribution in [2.24, 2.45) is 4.99 Å². The van der Waals surface area contributed by atoms with Crippen molar-refractivity contribution >= 4 is 62.1 Å². The minimum Gasteiger partial charge on any atom is -0.481 e. The maximum Gasteiger partial charge on any atom is 0.329 e. The van der Waals surface area contributed by atoms with E-state index in [1.54, 1.807) is 0 Å². The van der Waals surface area contributed by atoms with Gasteiger partial charge in [-0.25, -0.2) is 9.78 Å². The summed E-state index contributed by atoms with van der Waals surface area (Å²) in [6.07, 6.45) is 0.126. The van der Waals surface area contributed by atoms with E-state index >= 15 is 0 Å². The first kappa shape index (κ1) is 16.3. The molecule has 0 saturated heterocycles. The van der Waals surface area contributed by atoms with E-state index in [4.69, 9.17) is 10.2 Å². The number of nitrogens with zero attached hydrogens (tertiary/aromatic N) is 2. The number of aliphatic imine (C=N–C) groups is 1. The summed E-state index contributed by atoms with van der Waals surface area (Å²) in [5, 5.41) is 19.1. The third kappa shape index (κ3) is 3.85. The largest absolute Gasteiger partial charge is 0.481 e. The van der Waals surface area contributed by atoms with Crippen LogP contribution in [0.25, 0.3) is 10.2 Å². The van der Waals surface area contributed by atoms with Gasteiger partial charge in [0.25, 0.3) is 0 Å². The van der Waals surface area contributed by atoms with Gasteiger partial charge in [0.15, 0.2) is 6.04 Å². The van der Waals surface area contributed by atoms with E-state index in [1.165, 1.54) is 34.9 Å². The number of carbonyl (C=O) groups is 2. The van der Waals surface area contributed by atoms with E-state index in [0.717, 1.165) is 20.1 Å². The Kier molecular flexibility index (Phi) is 4.88. The third-order valence-electron chi connectivity index (χ3n) is 3.06. The molecule has 2 heterocycles. The number of rotatable bonds is 6. The van der Waals surface area contributed by atoms with Crippen molar-refractivity contribution in [3.63, 3.8) is 0 Å². The van der Waals surface area contributed by atoms with Crippen molar-refractivity contribution < 1.29 is 19.8 Å². The fourth-order valence-corrected chi connectivity index (χ4v) is 5.01. The molecule has 0 aliphatic carbocycles. The normalized spacial score (nSPS) is 17.4. The van der Waals surface area contributed by atoms with E-state index in [0.29, 0.717) is 16.5 Å². The monoisotopic (exact) mass is 368 g/mol. The average molecular weight is 368 g/mol. The smallest absolute Gasteiger partial charge is 0.329 e. The summed E-state index contributed by atoms with van der Waals surface area (Å²) in [5.41, 5.74) is 0.842. The van der Waals surface area contributed by atoms with Crippen LogP contribution >= 0.6 is 34.9 Å². The summed E-state index contributed by atoms with van der Waals surface area (Å²) in [6.45, 7) is 0. The topological polar surface area (TPSA) is 99.9 Å². The molecule has 1 aliphatic heterocycles. The minimum atomic E-state index is -0.911. The van der Waals surface area contributed by atoms with Gasteiger partial charge < -0.3 is 10.2 Å². The number of carboxylic acids is 2. The molecular weight excluding hydrogens is 356 g/mol. The highest BCUT2D eigenvalue weighted by Crippen LogP contribution is 2.32. The molecular formula is C14H12N2O4S3. The molecule has 0 spiro atoms. The molecule has 120 valence electrons. The number of hydrogen-bond acceptors (Lipinski definition) is 7. The Hall–Kier alpha value is -1.58. The van der Waals surface area contributed by atoms with Gasteiger partial charge >= 0.3 is 11.9 Å². The zero-order chi connectivity index (χ0) is 16.4. The molecule has 0 radical (unpaired) electrons. The fourth-order valence-electron chi connectivity index (χ4n) is 1.96. The van der Waals surface area contributed by atoms with Crippen LogP contribution in [0.2, 0.25) is 0 Å². The number of carboxylic acid groups (broad SMARTS) is 2. The first-order valence-electron chi connectivity index (χ1n) is 6.72. The van der Waals surface area contributed by atoms with Gasteiger partial charge in [-0.1, -0.05) is 0 Å². The minimum absolute atomic E-state index is 0.126. The highest BCUT2D eigenvalue weighted by atomic mass is 32.2. The zero-order valence-corrected chi connectivity index (χ0v) is 14.2. The van der Waals surface area contributed by atoms with E-state index < -0.39 is 18.0 Å². The molecule has 6 nitrogen and oxygen atoms in total. The molecule has 1 aromatic heterocycles.